The van der Waals surface area contributed by atoms with Crippen LogP contribution in [0.25, 0.3) is 0 Å². The van der Waals surface area contributed by atoms with E-state index in [1.165, 1.54) is 44.1 Å². The van der Waals surface area contributed by atoms with Crippen LogP contribution in [0.1, 0.15) is 129 Å². The Kier molecular flexibility index (Phi) is 16.2. The maximum atomic E-state index is 14.1. The molecule has 9 N–H and O–H groups in total. The molecule has 5 amide bonds. The first kappa shape index (κ1) is 52.4. The fourth-order valence-corrected chi connectivity index (χ4v) is 9.77. The number of carbonyl (C=O) groups is 8. The highest BCUT2D eigenvalue weighted by molar-refractivity contribution is 6.31. The molecule has 69 heavy (non-hydrogen) atoms. The van der Waals surface area contributed by atoms with Crippen LogP contribution in [-0.2, 0) is 44.7 Å². The van der Waals surface area contributed by atoms with Gasteiger partial charge < -0.3 is 65.9 Å². The number of likely N-dealkylation sites (tertiary alicyclic amines) is 1. The van der Waals surface area contributed by atoms with Gasteiger partial charge in [0.15, 0.2) is 17.9 Å². The number of fused-ring (bicyclic) bond motifs is 3. The molecule has 4 aliphatic rings. The molecule has 2 aliphatic heterocycles. The van der Waals surface area contributed by atoms with Gasteiger partial charge in [-0.2, -0.15) is 0 Å². The molecule has 2 heterocycles. The van der Waals surface area contributed by atoms with Crippen LogP contribution in [-0.4, -0.2) is 152 Å². The largest absolute Gasteiger partial charge is 0.507 e. The lowest BCUT2D eigenvalue weighted by Crippen LogP contribution is -2.59. The number of aliphatic hydroxyl groups excluding tert-OH is 2. The summed E-state index contributed by atoms with van der Waals surface area (Å²) in [6, 6.07) is 0.226. The maximum absolute atomic E-state index is 14.1. The number of nitrogens with one attached hydrogen (secondary N) is 4. The Morgan fingerprint density at radius 1 is 0.928 bits per heavy atom. The molecule has 0 saturated carbocycles. The number of carbonyl (C=O) groups excluding carboxylic acids is 8. The zero-order valence-electron chi connectivity index (χ0n) is 39.8. The Morgan fingerprint density at radius 2 is 1.58 bits per heavy atom. The van der Waals surface area contributed by atoms with Crippen molar-refractivity contribution in [3.05, 3.63) is 51.6 Å². The van der Waals surface area contributed by atoms with Crippen molar-refractivity contribution in [2.75, 3.05) is 26.8 Å². The average Bonchev–Trinajstić information content (AvgIpc) is 3.80. The van der Waals surface area contributed by atoms with Gasteiger partial charge in [0.05, 0.1) is 48.6 Å². The fraction of sp³-hybridized carbons (Fsp3) is 0.583. The Bertz CT molecular complexity index is 2390. The molecule has 0 spiro atoms. The summed E-state index contributed by atoms with van der Waals surface area (Å²) in [5.74, 6) is -7.31. The van der Waals surface area contributed by atoms with Gasteiger partial charge in [0.1, 0.15) is 53.7 Å². The van der Waals surface area contributed by atoms with Crippen molar-refractivity contribution in [1.29, 1.82) is 0 Å². The minimum absolute atomic E-state index is 0.0264. The Balaban J connectivity index is 1.19. The minimum Gasteiger partial charge on any atom is -0.507 e. The molecule has 0 bridgehead atoms. The zero-order chi connectivity index (χ0) is 50.8. The number of methoxy groups -OCH3 is 1. The molecule has 6 rings (SSSR count). The lowest BCUT2D eigenvalue weighted by Gasteiger charge is -2.43. The van der Waals surface area contributed by atoms with E-state index in [4.69, 9.17) is 14.2 Å². The number of aromatic hydroxyl groups is 2. The predicted molar refractivity (Wildman–Crippen MR) is 242 cm³/mol. The average molecular weight is 966 g/mol. The van der Waals surface area contributed by atoms with E-state index in [0.717, 1.165) is 0 Å². The molecule has 0 unspecified atom stereocenters. The Labute approximate surface area is 398 Å². The number of nitrogens with zero attached hydrogens (tertiary/aromatic N) is 1. The Morgan fingerprint density at radius 3 is 2.20 bits per heavy atom. The van der Waals surface area contributed by atoms with Gasteiger partial charge >= 0.3 is 0 Å². The molecule has 2 aliphatic carbocycles. The van der Waals surface area contributed by atoms with E-state index in [0.29, 0.717) is 19.4 Å². The van der Waals surface area contributed by atoms with Crippen molar-refractivity contribution in [2.24, 2.45) is 11.8 Å². The molecular formula is C48H63N5O16. The van der Waals surface area contributed by atoms with Gasteiger partial charge in [-0.3, -0.25) is 38.4 Å². The Hall–Kier alpha value is -6.00. The number of hydrogen-bond donors (Lipinski definition) is 9. The van der Waals surface area contributed by atoms with E-state index in [9.17, 15) is 63.9 Å². The third kappa shape index (κ3) is 10.9. The number of ketones is 3. The SMILES string of the molecule is COc1cccc2c1C(=O)c1c(O)c3c(c(O)c1C2=O)C[C@@](O)(C(=O)CO)C[C@@H]3O[C@H]1C[C@H](NC(=O)[C@H](CC(C)C)NC(=O)CNC(=O)[C@H](CC(C)C)NC(=O)[C@@H]2CCCN2C(C)=O)[C@H](O)[C@H](C)O1. The normalized spacial score (nSPS) is 25.0. The number of hydrogen-bond acceptors (Lipinski definition) is 16. The van der Waals surface area contributed by atoms with Gasteiger partial charge in [0.2, 0.25) is 35.3 Å². The first-order chi connectivity index (χ1) is 32.5. The van der Waals surface area contributed by atoms with E-state index in [1.807, 2.05) is 27.7 Å². The van der Waals surface area contributed by atoms with Gasteiger partial charge in [0.25, 0.3) is 0 Å². The highest BCUT2D eigenvalue weighted by Gasteiger charge is 2.50. The number of Topliss-reactive ketones (excluding diaryl/α,β-unsaturated/α-hetero) is 1. The van der Waals surface area contributed by atoms with Crippen LogP contribution in [0.3, 0.4) is 0 Å². The lowest BCUT2D eigenvalue weighted by atomic mass is 9.72. The van der Waals surface area contributed by atoms with Crippen molar-refractivity contribution in [2.45, 2.75) is 141 Å². The number of aliphatic hydroxyl groups is 3. The first-order valence-electron chi connectivity index (χ1n) is 23.2. The number of rotatable bonds is 17. The van der Waals surface area contributed by atoms with Crippen LogP contribution < -0.4 is 26.0 Å². The highest BCUT2D eigenvalue weighted by Crippen LogP contribution is 2.52. The summed E-state index contributed by atoms with van der Waals surface area (Å²) in [5.41, 5.74) is -4.40. The summed E-state index contributed by atoms with van der Waals surface area (Å²) in [6.07, 6.45) is -5.49. The number of benzene rings is 2. The van der Waals surface area contributed by atoms with E-state index >= 15 is 0 Å². The molecule has 376 valence electrons. The smallest absolute Gasteiger partial charge is 0.243 e. The summed E-state index contributed by atoms with van der Waals surface area (Å²) in [7, 11) is 1.29. The molecule has 2 aromatic carbocycles. The van der Waals surface area contributed by atoms with Crippen molar-refractivity contribution in [1.82, 2.24) is 26.2 Å². The number of phenols is 2. The molecule has 9 atom stereocenters. The fourth-order valence-electron chi connectivity index (χ4n) is 9.77. The van der Waals surface area contributed by atoms with Crippen LogP contribution in [0.2, 0.25) is 0 Å². The van der Waals surface area contributed by atoms with Crippen LogP contribution in [0, 0.1) is 11.8 Å². The molecule has 0 radical (unpaired) electrons. The highest BCUT2D eigenvalue weighted by atomic mass is 16.7. The number of phenolic OH excluding ortho intramolecular Hbond substituents is 2. The van der Waals surface area contributed by atoms with Gasteiger partial charge in [0, 0.05) is 49.4 Å². The second kappa shape index (κ2) is 21.3. The second-order valence-electron chi connectivity index (χ2n) is 19.1. The summed E-state index contributed by atoms with van der Waals surface area (Å²) >= 11 is 0. The molecule has 21 heteroatoms. The third-order valence-corrected chi connectivity index (χ3v) is 13.2. The quantitative estimate of drug-likeness (QED) is 0.0825. The van der Waals surface area contributed by atoms with E-state index in [1.54, 1.807) is 0 Å². The van der Waals surface area contributed by atoms with Crippen LogP contribution >= 0.6 is 0 Å². The van der Waals surface area contributed by atoms with E-state index in [2.05, 4.69) is 21.3 Å². The van der Waals surface area contributed by atoms with E-state index < -0.39 is 144 Å². The monoisotopic (exact) mass is 965 g/mol. The lowest BCUT2D eigenvalue weighted by molar-refractivity contribution is -0.249. The zero-order valence-corrected chi connectivity index (χ0v) is 39.8. The van der Waals surface area contributed by atoms with Gasteiger partial charge in [-0.05, 0) is 50.5 Å². The molecule has 2 fully saturated rings. The molecule has 2 aromatic rings. The molecule has 21 nitrogen and oxygen atoms in total. The topological polar surface area (TPSA) is 317 Å². The summed E-state index contributed by atoms with van der Waals surface area (Å²) in [4.78, 5) is 108. The van der Waals surface area contributed by atoms with Crippen LogP contribution in [0.5, 0.6) is 17.2 Å². The second-order valence-corrected chi connectivity index (χ2v) is 19.1. The van der Waals surface area contributed by atoms with E-state index in [-0.39, 0.29) is 65.0 Å². The van der Waals surface area contributed by atoms with Crippen molar-refractivity contribution < 1.29 is 78.1 Å². The van der Waals surface area contributed by atoms with Crippen LogP contribution in [0.15, 0.2) is 18.2 Å². The van der Waals surface area contributed by atoms with Gasteiger partial charge in [-0.25, -0.2) is 0 Å². The predicted octanol–water partition coefficient (Wildman–Crippen LogP) is 0.348. The van der Waals surface area contributed by atoms with Crippen LogP contribution in [0.4, 0.5) is 0 Å². The molecule has 0 aromatic heterocycles. The van der Waals surface area contributed by atoms with Gasteiger partial charge in [-0.1, -0.05) is 39.8 Å². The van der Waals surface area contributed by atoms with Gasteiger partial charge in [-0.15, -0.1) is 0 Å². The third-order valence-electron chi connectivity index (χ3n) is 13.2. The summed E-state index contributed by atoms with van der Waals surface area (Å²) in [5, 5.41) is 67.1. The molecular weight excluding hydrogens is 903 g/mol. The van der Waals surface area contributed by atoms with Crippen molar-refractivity contribution >= 4 is 46.9 Å². The maximum Gasteiger partial charge on any atom is 0.243 e. The number of ether oxygens (including phenoxy) is 3. The number of amides is 5. The molecule has 2 saturated heterocycles. The summed E-state index contributed by atoms with van der Waals surface area (Å²) < 4.78 is 17.6. The minimum atomic E-state index is -2.42. The standard InChI is InChI=1S/C48H63N5O16/c1-21(2)14-28(52-47(65)30-11-9-13-53(30)24(6)55)45(63)49-19-34(57)50-29(15-22(3)4)46(64)51-27-16-35(68-23(5)40(27)58)69-32-18-48(66,33(56)20-54)17-26-37(32)44(62)39-38(42(26)60)41(59)25-10-8-12-31(67-7)36(25)43(39)61/h8,10,12,21-23,27-30,32,35,40,54,58,60,62,66H,9,11,13-20H2,1-7H3,(H,49,63)(H,50,57)(H,51,64)(H,52,65)/t23-,27-,28-,29-,30-,32-,35-,40+,48-/m0/s1. The van der Waals surface area contributed by atoms with Crippen molar-refractivity contribution in [3.8, 4) is 17.2 Å². The summed E-state index contributed by atoms with van der Waals surface area (Å²) in [6.45, 7) is 8.95. The van der Waals surface area contributed by atoms with Crippen molar-refractivity contribution in [3.63, 3.8) is 0 Å². The first-order valence-corrected chi connectivity index (χ1v) is 23.2.